The summed E-state index contributed by atoms with van der Waals surface area (Å²) in [7, 11) is -0.271. The molecule has 0 N–H and O–H groups in total. The van der Waals surface area contributed by atoms with E-state index in [2.05, 4.69) is 21.8 Å². The van der Waals surface area contributed by atoms with Gasteiger partial charge in [0.1, 0.15) is 10.6 Å². The SMILES string of the molecule is CCN(CC)C(=O)c1ccc2ncc(S(=O)(=O)c3ccc(OC)cc3)c(N3CCCN(C)CC3)c2c1. The molecule has 1 aliphatic rings. The minimum Gasteiger partial charge on any atom is -0.497 e. The van der Waals surface area contributed by atoms with Gasteiger partial charge in [-0.15, -0.1) is 0 Å². The number of nitrogens with zero attached hydrogens (tertiary/aromatic N) is 4. The van der Waals surface area contributed by atoms with E-state index in [0.29, 0.717) is 54.1 Å². The molecular weight excluding hydrogens is 476 g/mol. The molecule has 3 aromatic rings. The number of benzene rings is 2. The van der Waals surface area contributed by atoms with Gasteiger partial charge >= 0.3 is 0 Å². The maximum absolute atomic E-state index is 13.9. The summed E-state index contributed by atoms with van der Waals surface area (Å²) < 4.78 is 33.0. The van der Waals surface area contributed by atoms with Crippen molar-refractivity contribution in [1.29, 1.82) is 0 Å². The van der Waals surface area contributed by atoms with E-state index in [1.807, 2.05) is 19.9 Å². The number of methoxy groups -OCH3 is 1. The third kappa shape index (κ3) is 5.03. The van der Waals surface area contributed by atoms with E-state index in [-0.39, 0.29) is 15.7 Å². The number of hydrogen-bond donors (Lipinski definition) is 0. The molecule has 1 saturated heterocycles. The lowest BCUT2D eigenvalue weighted by Gasteiger charge is -2.27. The average molecular weight is 511 g/mol. The number of carbonyl (C=O) groups excluding carboxylic acids is 1. The maximum atomic E-state index is 13.9. The molecule has 2 heterocycles. The van der Waals surface area contributed by atoms with Crippen LogP contribution in [0.4, 0.5) is 5.69 Å². The van der Waals surface area contributed by atoms with Crippen molar-refractivity contribution < 1.29 is 17.9 Å². The maximum Gasteiger partial charge on any atom is 0.253 e. The highest BCUT2D eigenvalue weighted by molar-refractivity contribution is 7.91. The van der Waals surface area contributed by atoms with E-state index in [9.17, 15) is 13.2 Å². The van der Waals surface area contributed by atoms with Crippen molar-refractivity contribution in [1.82, 2.24) is 14.8 Å². The molecule has 0 atom stereocenters. The molecule has 4 rings (SSSR count). The van der Waals surface area contributed by atoms with Gasteiger partial charge in [0, 0.05) is 49.9 Å². The molecule has 1 fully saturated rings. The summed E-state index contributed by atoms with van der Waals surface area (Å²) in [5, 5.41) is 0.673. The summed E-state index contributed by atoms with van der Waals surface area (Å²) in [6.45, 7) is 8.23. The Morgan fingerprint density at radius 3 is 2.42 bits per heavy atom. The first kappa shape index (κ1) is 25.9. The number of rotatable bonds is 7. The number of sulfone groups is 1. The Labute approximate surface area is 213 Å². The molecule has 9 heteroatoms. The predicted molar refractivity (Wildman–Crippen MR) is 142 cm³/mol. The molecule has 8 nitrogen and oxygen atoms in total. The minimum absolute atomic E-state index is 0.0770. The largest absolute Gasteiger partial charge is 0.497 e. The van der Waals surface area contributed by atoms with Gasteiger partial charge < -0.3 is 19.4 Å². The number of hydrogen-bond acceptors (Lipinski definition) is 7. The van der Waals surface area contributed by atoms with Crippen molar-refractivity contribution in [3.8, 4) is 5.75 Å². The van der Waals surface area contributed by atoms with Crippen LogP contribution in [0.2, 0.25) is 0 Å². The quantitative estimate of drug-likeness (QED) is 0.479. The summed E-state index contributed by atoms with van der Waals surface area (Å²) in [5.74, 6) is 0.507. The number of aromatic nitrogens is 1. The standard InChI is InChI=1S/C27H34N4O4S/c1-5-30(6-2)27(32)20-8-13-24-23(18-20)26(31-15-7-14-29(3)16-17-31)25(19-28-24)36(33,34)22-11-9-21(35-4)10-12-22/h8-13,18-19H,5-7,14-17H2,1-4H3. The van der Waals surface area contributed by atoms with Gasteiger partial charge in [-0.25, -0.2) is 8.42 Å². The molecule has 0 radical (unpaired) electrons. The number of ether oxygens (including phenoxy) is 1. The first-order chi connectivity index (χ1) is 17.3. The topological polar surface area (TPSA) is 83.0 Å². The number of fused-ring (bicyclic) bond motifs is 1. The molecule has 0 bridgehead atoms. The fourth-order valence-corrected chi connectivity index (χ4v) is 6.09. The van der Waals surface area contributed by atoms with Gasteiger partial charge in [-0.2, -0.15) is 0 Å². The van der Waals surface area contributed by atoms with E-state index in [1.165, 1.54) is 6.20 Å². The van der Waals surface area contributed by atoms with Crippen molar-refractivity contribution in [2.45, 2.75) is 30.1 Å². The van der Waals surface area contributed by atoms with Crippen LogP contribution in [0.5, 0.6) is 5.75 Å². The second-order valence-electron chi connectivity index (χ2n) is 9.00. The fraction of sp³-hybridized carbons (Fsp3) is 0.407. The van der Waals surface area contributed by atoms with Crippen LogP contribution < -0.4 is 9.64 Å². The van der Waals surface area contributed by atoms with Gasteiger partial charge in [-0.1, -0.05) is 0 Å². The minimum atomic E-state index is -3.89. The smallest absolute Gasteiger partial charge is 0.253 e. The van der Waals surface area contributed by atoms with E-state index >= 15 is 0 Å². The molecule has 36 heavy (non-hydrogen) atoms. The van der Waals surface area contributed by atoms with E-state index in [0.717, 1.165) is 19.5 Å². The highest BCUT2D eigenvalue weighted by atomic mass is 32.2. The van der Waals surface area contributed by atoms with Gasteiger partial charge in [0.2, 0.25) is 9.84 Å². The van der Waals surface area contributed by atoms with Gasteiger partial charge in [0.25, 0.3) is 5.91 Å². The number of likely N-dealkylation sites (N-methyl/N-ethyl adjacent to an activating group) is 1. The van der Waals surface area contributed by atoms with Crippen molar-refractivity contribution in [3.63, 3.8) is 0 Å². The molecule has 1 aromatic heterocycles. The second kappa shape index (κ2) is 10.8. The van der Waals surface area contributed by atoms with E-state index < -0.39 is 9.84 Å². The zero-order chi connectivity index (χ0) is 25.9. The van der Waals surface area contributed by atoms with Gasteiger partial charge in [0.15, 0.2) is 0 Å². The third-order valence-electron chi connectivity index (χ3n) is 6.80. The normalized spacial score (nSPS) is 15.1. The van der Waals surface area contributed by atoms with Crippen molar-refractivity contribution in [2.75, 3.05) is 58.3 Å². The van der Waals surface area contributed by atoms with Gasteiger partial charge in [-0.3, -0.25) is 9.78 Å². The zero-order valence-electron chi connectivity index (χ0n) is 21.4. The summed E-state index contributed by atoms with van der Waals surface area (Å²) in [5.41, 5.74) is 1.80. The summed E-state index contributed by atoms with van der Waals surface area (Å²) in [6, 6.07) is 11.8. The number of pyridine rings is 1. The summed E-state index contributed by atoms with van der Waals surface area (Å²) in [4.78, 5) is 24.1. The van der Waals surface area contributed by atoms with Crippen LogP contribution in [0.15, 0.2) is 58.5 Å². The summed E-state index contributed by atoms with van der Waals surface area (Å²) in [6.07, 6.45) is 2.36. The number of amides is 1. The zero-order valence-corrected chi connectivity index (χ0v) is 22.2. The Morgan fingerprint density at radius 2 is 1.75 bits per heavy atom. The van der Waals surface area contributed by atoms with E-state index in [1.54, 1.807) is 48.4 Å². The van der Waals surface area contributed by atoms with E-state index in [4.69, 9.17) is 4.74 Å². The van der Waals surface area contributed by atoms with Crippen molar-refractivity contribution in [2.24, 2.45) is 0 Å². The van der Waals surface area contributed by atoms with Crippen LogP contribution in [-0.4, -0.2) is 82.5 Å². The van der Waals surface area contributed by atoms with Gasteiger partial charge in [0.05, 0.1) is 23.2 Å². The van der Waals surface area contributed by atoms with Crippen LogP contribution in [0.25, 0.3) is 10.9 Å². The third-order valence-corrected chi connectivity index (χ3v) is 8.57. The lowest BCUT2D eigenvalue weighted by atomic mass is 10.1. The second-order valence-corrected chi connectivity index (χ2v) is 10.9. The highest BCUT2D eigenvalue weighted by Crippen LogP contribution is 2.37. The van der Waals surface area contributed by atoms with Crippen molar-refractivity contribution >= 4 is 32.3 Å². The van der Waals surface area contributed by atoms with Crippen LogP contribution in [0.3, 0.4) is 0 Å². The molecule has 0 aliphatic carbocycles. The average Bonchev–Trinajstić information content (AvgIpc) is 3.12. The van der Waals surface area contributed by atoms with Gasteiger partial charge in [-0.05, 0) is 76.3 Å². The number of carbonyl (C=O) groups is 1. The monoisotopic (exact) mass is 510 g/mol. The van der Waals surface area contributed by atoms with Crippen LogP contribution >= 0.6 is 0 Å². The van der Waals surface area contributed by atoms with Crippen molar-refractivity contribution in [3.05, 3.63) is 54.2 Å². The fourth-order valence-electron chi connectivity index (χ4n) is 4.66. The lowest BCUT2D eigenvalue weighted by Crippen LogP contribution is -2.31. The molecular formula is C27H34N4O4S. The predicted octanol–water partition coefficient (Wildman–Crippen LogP) is 3.70. The first-order valence-electron chi connectivity index (χ1n) is 12.3. The molecule has 1 amide bonds. The molecule has 0 spiro atoms. The molecule has 2 aromatic carbocycles. The Balaban J connectivity index is 1.93. The molecule has 0 saturated carbocycles. The highest BCUT2D eigenvalue weighted by Gasteiger charge is 2.28. The Kier molecular flexibility index (Phi) is 7.80. The summed E-state index contributed by atoms with van der Waals surface area (Å²) >= 11 is 0. The number of anilines is 1. The Hall–Kier alpha value is -3.17. The Morgan fingerprint density at radius 1 is 1.03 bits per heavy atom. The Bertz CT molecular complexity index is 1340. The lowest BCUT2D eigenvalue weighted by molar-refractivity contribution is 0.0773. The molecule has 192 valence electrons. The van der Waals surface area contributed by atoms with Crippen LogP contribution in [-0.2, 0) is 9.84 Å². The van der Waals surface area contributed by atoms with Crippen LogP contribution in [0.1, 0.15) is 30.6 Å². The molecule has 1 aliphatic heterocycles. The first-order valence-corrected chi connectivity index (χ1v) is 13.8. The van der Waals surface area contributed by atoms with Crippen LogP contribution in [0, 0.1) is 0 Å². The molecule has 0 unspecified atom stereocenters.